The fourth-order valence-electron chi connectivity index (χ4n) is 0.875. The zero-order valence-corrected chi connectivity index (χ0v) is 7.88. The molecule has 1 aromatic carbocycles. The molecule has 0 bridgehead atoms. The number of benzene rings is 1. The Morgan fingerprint density at radius 2 is 2.07 bits per heavy atom. The molecule has 1 rings (SSSR count). The van der Waals surface area contributed by atoms with Crippen molar-refractivity contribution in [1.82, 2.24) is 0 Å². The van der Waals surface area contributed by atoms with Gasteiger partial charge in [0.25, 0.3) is 0 Å². The summed E-state index contributed by atoms with van der Waals surface area (Å²) in [6.45, 7) is 0. The number of hydrogen-bond donors (Lipinski definition) is 0. The van der Waals surface area contributed by atoms with Crippen LogP contribution in [-0.2, 0) is 4.74 Å². The van der Waals surface area contributed by atoms with E-state index in [0.29, 0.717) is 0 Å². The Hall–Kier alpha value is -1.90. The van der Waals surface area contributed by atoms with E-state index in [1.165, 1.54) is 13.3 Å². The van der Waals surface area contributed by atoms with Crippen LogP contribution >= 0.6 is 0 Å². The molecule has 0 N–H and O–H groups in total. The molecule has 0 aliphatic heterocycles. The maximum atomic E-state index is 10.6. The van der Waals surface area contributed by atoms with Gasteiger partial charge in [-0.05, 0) is 11.6 Å². The predicted molar refractivity (Wildman–Crippen MR) is 56.4 cm³/mol. The van der Waals surface area contributed by atoms with Crippen molar-refractivity contribution >= 4 is 18.4 Å². The van der Waals surface area contributed by atoms with E-state index in [1.807, 2.05) is 36.4 Å². The molecule has 0 unspecified atom stereocenters. The van der Waals surface area contributed by atoms with Crippen molar-refractivity contribution in [3.63, 3.8) is 0 Å². The van der Waals surface area contributed by atoms with Crippen LogP contribution in [0.5, 0.6) is 0 Å². The van der Waals surface area contributed by atoms with Gasteiger partial charge in [0.1, 0.15) is 0 Å². The molecule has 0 fully saturated rings. The van der Waals surface area contributed by atoms with Crippen molar-refractivity contribution in [2.75, 3.05) is 7.11 Å². The van der Waals surface area contributed by atoms with Gasteiger partial charge in [-0.15, -0.1) is 0 Å². The average Bonchev–Trinajstić information content (AvgIpc) is 2.25. The summed E-state index contributed by atoms with van der Waals surface area (Å²) in [6.07, 6.45) is 4.35. The van der Waals surface area contributed by atoms with Gasteiger partial charge in [-0.1, -0.05) is 36.4 Å². The molecule has 1 amide bonds. The van der Waals surface area contributed by atoms with Crippen molar-refractivity contribution < 1.29 is 9.53 Å². The summed E-state index contributed by atoms with van der Waals surface area (Å²) in [5, 5.41) is 0. The Bertz CT molecular complexity index is 342. The summed E-state index contributed by atoms with van der Waals surface area (Å²) in [7, 11) is 1.29. The van der Waals surface area contributed by atoms with Crippen molar-refractivity contribution in [3.05, 3.63) is 42.0 Å². The molecule has 0 spiro atoms. The molecular weight excluding hydrogens is 178 g/mol. The Morgan fingerprint density at radius 1 is 1.36 bits per heavy atom. The Kier molecular flexibility index (Phi) is 4.14. The number of aliphatic imine (C=N–C) groups is 1. The maximum Gasteiger partial charge on any atom is 0.433 e. The second-order valence-electron chi connectivity index (χ2n) is 2.52. The number of amides is 1. The molecule has 3 heteroatoms. The van der Waals surface area contributed by atoms with Crippen LogP contribution in [0.4, 0.5) is 4.79 Å². The second kappa shape index (κ2) is 5.70. The number of rotatable bonds is 2. The molecular formula is C11H11NO2. The largest absolute Gasteiger partial charge is 0.451 e. The van der Waals surface area contributed by atoms with E-state index < -0.39 is 6.09 Å². The highest BCUT2D eigenvalue weighted by Gasteiger charge is 1.88. The van der Waals surface area contributed by atoms with E-state index in [0.717, 1.165) is 5.56 Å². The quantitative estimate of drug-likeness (QED) is 0.670. The smallest absolute Gasteiger partial charge is 0.433 e. The minimum Gasteiger partial charge on any atom is -0.451 e. The number of hydrogen-bond acceptors (Lipinski definition) is 2. The van der Waals surface area contributed by atoms with Gasteiger partial charge in [0, 0.05) is 6.21 Å². The topological polar surface area (TPSA) is 38.7 Å². The molecule has 1 aromatic rings. The van der Waals surface area contributed by atoms with Gasteiger partial charge in [-0.2, -0.15) is 4.99 Å². The first kappa shape index (κ1) is 10.2. The Morgan fingerprint density at radius 3 is 2.71 bits per heavy atom. The van der Waals surface area contributed by atoms with Crippen LogP contribution in [0.25, 0.3) is 6.08 Å². The van der Waals surface area contributed by atoms with Crippen molar-refractivity contribution in [2.24, 2.45) is 4.99 Å². The van der Waals surface area contributed by atoms with Gasteiger partial charge in [0.05, 0.1) is 7.11 Å². The fraction of sp³-hybridized carbons (Fsp3) is 0.0909. The first-order valence-electron chi connectivity index (χ1n) is 4.16. The predicted octanol–water partition coefficient (Wildman–Crippen LogP) is 2.54. The van der Waals surface area contributed by atoms with Gasteiger partial charge < -0.3 is 4.74 Å². The van der Waals surface area contributed by atoms with Crippen LogP contribution in [0.3, 0.4) is 0 Å². The summed E-state index contributed by atoms with van der Waals surface area (Å²) in [6, 6.07) is 9.75. The summed E-state index contributed by atoms with van der Waals surface area (Å²) in [4.78, 5) is 14.1. The molecule has 3 nitrogen and oxygen atoms in total. The number of ether oxygens (including phenoxy) is 1. The molecule has 0 radical (unpaired) electrons. The third-order valence-electron chi connectivity index (χ3n) is 1.53. The van der Waals surface area contributed by atoms with E-state index in [4.69, 9.17) is 0 Å². The molecule has 0 aliphatic rings. The highest BCUT2D eigenvalue weighted by Crippen LogP contribution is 1.99. The van der Waals surface area contributed by atoms with Crippen LogP contribution in [-0.4, -0.2) is 19.4 Å². The summed E-state index contributed by atoms with van der Waals surface area (Å²) < 4.78 is 4.33. The third kappa shape index (κ3) is 3.67. The standard InChI is InChI=1S/C11H11NO2/c1-14-11(13)12-9-5-8-10-6-3-2-4-7-10/h2-9H,1H3/b8-5+,12-9-. The minimum absolute atomic E-state index is 0.595. The molecule has 72 valence electrons. The first-order valence-corrected chi connectivity index (χ1v) is 4.16. The van der Waals surface area contributed by atoms with E-state index in [2.05, 4.69) is 9.73 Å². The maximum absolute atomic E-state index is 10.6. The monoisotopic (exact) mass is 189 g/mol. The van der Waals surface area contributed by atoms with Crippen LogP contribution in [0.2, 0.25) is 0 Å². The van der Waals surface area contributed by atoms with Crippen LogP contribution in [0.1, 0.15) is 5.56 Å². The highest BCUT2D eigenvalue weighted by atomic mass is 16.5. The second-order valence-corrected chi connectivity index (χ2v) is 2.52. The number of methoxy groups -OCH3 is 1. The minimum atomic E-state index is -0.595. The molecule has 14 heavy (non-hydrogen) atoms. The lowest BCUT2D eigenvalue weighted by Gasteiger charge is -1.88. The fourth-order valence-corrected chi connectivity index (χ4v) is 0.875. The number of carbonyl (C=O) groups is 1. The van der Waals surface area contributed by atoms with E-state index in [1.54, 1.807) is 6.08 Å². The zero-order chi connectivity index (χ0) is 10.2. The number of nitrogens with zero attached hydrogens (tertiary/aromatic N) is 1. The lowest BCUT2D eigenvalue weighted by Crippen LogP contribution is -1.91. The third-order valence-corrected chi connectivity index (χ3v) is 1.53. The van der Waals surface area contributed by atoms with Gasteiger partial charge in [0.2, 0.25) is 0 Å². The van der Waals surface area contributed by atoms with E-state index in [9.17, 15) is 4.79 Å². The summed E-state index contributed by atoms with van der Waals surface area (Å²) in [5.74, 6) is 0. The molecule has 0 aliphatic carbocycles. The van der Waals surface area contributed by atoms with Crippen molar-refractivity contribution in [3.8, 4) is 0 Å². The molecule has 0 heterocycles. The highest BCUT2D eigenvalue weighted by molar-refractivity contribution is 5.87. The van der Waals surface area contributed by atoms with Crippen LogP contribution < -0.4 is 0 Å². The SMILES string of the molecule is COC(=O)/N=C\C=C\c1ccccc1. The van der Waals surface area contributed by atoms with Crippen LogP contribution in [0.15, 0.2) is 41.4 Å². The van der Waals surface area contributed by atoms with Crippen LogP contribution in [0, 0.1) is 0 Å². The number of carbonyl (C=O) groups excluding carboxylic acids is 1. The van der Waals surface area contributed by atoms with Gasteiger partial charge >= 0.3 is 6.09 Å². The van der Waals surface area contributed by atoms with E-state index >= 15 is 0 Å². The normalized spacial score (nSPS) is 10.9. The Balaban J connectivity index is 2.50. The lowest BCUT2D eigenvalue weighted by molar-refractivity contribution is 0.183. The molecule has 0 atom stereocenters. The number of allylic oxidation sites excluding steroid dienone is 1. The van der Waals surface area contributed by atoms with E-state index in [-0.39, 0.29) is 0 Å². The Labute approximate surface area is 82.7 Å². The molecule has 0 saturated carbocycles. The summed E-state index contributed by atoms with van der Waals surface area (Å²) in [5.41, 5.74) is 1.06. The average molecular weight is 189 g/mol. The van der Waals surface area contributed by atoms with Crippen molar-refractivity contribution in [2.45, 2.75) is 0 Å². The van der Waals surface area contributed by atoms with Crippen molar-refractivity contribution in [1.29, 1.82) is 0 Å². The summed E-state index contributed by atoms with van der Waals surface area (Å²) >= 11 is 0. The molecule has 0 aromatic heterocycles. The first-order chi connectivity index (χ1) is 6.83. The molecule has 0 saturated heterocycles. The van der Waals surface area contributed by atoms with Gasteiger partial charge in [-0.3, -0.25) is 0 Å². The van der Waals surface area contributed by atoms with Gasteiger partial charge in [0.15, 0.2) is 0 Å². The lowest BCUT2D eigenvalue weighted by atomic mass is 10.2. The zero-order valence-electron chi connectivity index (χ0n) is 7.88. The van der Waals surface area contributed by atoms with Gasteiger partial charge in [-0.25, -0.2) is 4.79 Å².